The van der Waals surface area contributed by atoms with Gasteiger partial charge in [0, 0.05) is 23.5 Å². The second-order valence-electron chi connectivity index (χ2n) is 4.48. The normalized spacial score (nSPS) is 19.9. The second kappa shape index (κ2) is 3.96. The zero-order valence-electron chi connectivity index (χ0n) is 9.29. The van der Waals surface area contributed by atoms with Crippen molar-refractivity contribution in [1.82, 2.24) is 10.3 Å². The molecule has 0 radical (unpaired) electrons. The molecule has 2 heterocycles. The molecule has 1 atom stereocenters. The molecule has 0 spiro atoms. The van der Waals surface area contributed by atoms with E-state index in [0.29, 0.717) is 11.3 Å². The van der Waals surface area contributed by atoms with Crippen molar-refractivity contribution in [2.24, 2.45) is 0 Å². The summed E-state index contributed by atoms with van der Waals surface area (Å²) in [5.74, 6) is -0.0181. The van der Waals surface area contributed by atoms with Crippen molar-refractivity contribution in [1.29, 1.82) is 0 Å². The van der Waals surface area contributed by atoms with Gasteiger partial charge in [-0.15, -0.1) is 0 Å². The number of halogens is 1. The molecular formula is C13H13FN2O. The van der Waals surface area contributed by atoms with Crippen molar-refractivity contribution >= 4 is 10.8 Å². The van der Waals surface area contributed by atoms with Gasteiger partial charge in [0.25, 0.3) is 5.56 Å². The van der Waals surface area contributed by atoms with E-state index in [2.05, 4.69) is 10.3 Å². The molecule has 1 unspecified atom stereocenters. The third kappa shape index (κ3) is 1.85. The minimum Gasteiger partial charge on any atom is -0.325 e. The Kier molecular flexibility index (Phi) is 2.44. The molecule has 4 heteroatoms. The van der Waals surface area contributed by atoms with Gasteiger partial charge in [0.15, 0.2) is 0 Å². The van der Waals surface area contributed by atoms with E-state index in [1.807, 2.05) is 6.07 Å². The highest BCUT2D eigenvalue weighted by Gasteiger charge is 2.18. The van der Waals surface area contributed by atoms with Crippen LogP contribution in [0.4, 0.5) is 4.39 Å². The molecule has 0 saturated carbocycles. The fraction of sp³-hybridized carbons (Fsp3) is 0.308. The van der Waals surface area contributed by atoms with Crippen LogP contribution in [0.3, 0.4) is 0 Å². The number of benzene rings is 1. The molecule has 0 amide bonds. The lowest BCUT2D eigenvalue weighted by molar-refractivity contribution is 0.629. The topological polar surface area (TPSA) is 44.9 Å². The molecule has 88 valence electrons. The van der Waals surface area contributed by atoms with E-state index in [-0.39, 0.29) is 11.4 Å². The number of hydrogen-bond donors (Lipinski definition) is 2. The lowest BCUT2D eigenvalue weighted by Crippen LogP contribution is -2.14. The highest BCUT2D eigenvalue weighted by molar-refractivity contribution is 5.81. The van der Waals surface area contributed by atoms with Gasteiger partial charge in [0.05, 0.1) is 0 Å². The van der Waals surface area contributed by atoms with Crippen LogP contribution in [-0.4, -0.2) is 18.1 Å². The lowest BCUT2D eigenvalue weighted by Gasteiger charge is -2.09. The fourth-order valence-electron chi connectivity index (χ4n) is 2.39. The Morgan fingerprint density at radius 1 is 1.29 bits per heavy atom. The third-order valence-electron chi connectivity index (χ3n) is 3.33. The summed E-state index contributed by atoms with van der Waals surface area (Å²) in [5.41, 5.74) is 0.739. The number of fused-ring (bicyclic) bond motifs is 1. The molecular weight excluding hydrogens is 219 g/mol. The van der Waals surface area contributed by atoms with E-state index in [1.54, 1.807) is 6.07 Å². The first-order valence-electron chi connectivity index (χ1n) is 5.77. The van der Waals surface area contributed by atoms with E-state index in [9.17, 15) is 9.18 Å². The number of nitrogens with one attached hydrogen (secondary N) is 2. The molecule has 1 aliphatic rings. The Morgan fingerprint density at radius 2 is 2.18 bits per heavy atom. The van der Waals surface area contributed by atoms with Crippen molar-refractivity contribution < 1.29 is 4.39 Å². The molecule has 3 rings (SSSR count). The van der Waals surface area contributed by atoms with Crippen LogP contribution >= 0.6 is 0 Å². The lowest BCUT2D eigenvalue weighted by atomic mass is 10.0. The zero-order chi connectivity index (χ0) is 11.8. The summed E-state index contributed by atoms with van der Waals surface area (Å²) < 4.78 is 13.1. The van der Waals surface area contributed by atoms with Crippen molar-refractivity contribution in [2.45, 2.75) is 12.3 Å². The molecule has 1 aromatic carbocycles. The van der Waals surface area contributed by atoms with Gasteiger partial charge in [-0.05, 0) is 36.6 Å². The van der Waals surface area contributed by atoms with Gasteiger partial charge >= 0.3 is 0 Å². The molecule has 0 bridgehead atoms. The molecule has 1 aromatic heterocycles. The van der Waals surface area contributed by atoms with Gasteiger partial charge in [-0.25, -0.2) is 4.39 Å². The van der Waals surface area contributed by atoms with Gasteiger partial charge in [-0.3, -0.25) is 4.79 Å². The quantitative estimate of drug-likeness (QED) is 0.786. The maximum absolute atomic E-state index is 13.1. The van der Waals surface area contributed by atoms with Crippen molar-refractivity contribution in [2.75, 3.05) is 13.1 Å². The van der Waals surface area contributed by atoms with E-state index in [0.717, 1.165) is 30.6 Å². The van der Waals surface area contributed by atoms with Gasteiger partial charge in [-0.2, -0.15) is 0 Å². The van der Waals surface area contributed by atoms with Crippen molar-refractivity contribution in [3.63, 3.8) is 0 Å². The van der Waals surface area contributed by atoms with E-state index < -0.39 is 0 Å². The molecule has 0 aliphatic carbocycles. The summed E-state index contributed by atoms with van der Waals surface area (Å²) >= 11 is 0. The van der Waals surface area contributed by atoms with Crippen LogP contribution in [0.2, 0.25) is 0 Å². The highest BCUT2D eigenvalue weighted by atomic mass is 19.1. The van der Waals surface area contributed by atoms with Gasteiger partial charge in [-0.1, -0.05) is 6.07 Å². The number of rotatable bonds is 1. The first kappa shape index (κ1) is 10.5. The second-order valence-corrected chi connectivity index (χ2v) is 4.48. The van der Waals surface area contributed by atoms with Crippen LogP contribution in [0.1, 0.15) is 18.0 Å². The molecule has 2 N–H and O–H groups in total. The Hall–Kier alpha value is -1.68. The van der Waals surface area contributed by atoms with E-state index >= 15 is 0 Å². The molecule has 3 nitrogen and oxygen atoms in total. The first-order valence-corrected chi connectivity index (χ1v) is 5.77. The van der Waals surface area contributed by atoms with Crippen LogP contribution in [0.5, 0.6) is 0 Å². The predicted octanol–water partition coefficient (Wildman–Crippen LogP) is 1.74. The van der Waals surface area contributed by atoms with E-state index in [1.165, 1.54) is 12.1 Å². The first-order chi connectivity index (χ1) is 8.24. The Balaban J connectivity index is 2.17. The van der Waals surface area contributed by atoms with Crippen LogP contribution < -0.4 is 10.9 Å². The SMILES string of the molecule is O=c1[nH]c(C2CCNC2)cc2ccc(F)cc12. The average molecular weight is 232 g/mol. The van der Waals surface area contributed by atoms with Crippen LogP contribution in [0.15, 0.2) is 29.1 Å². The largest absolute Gasteiger partial charge is 0.325 e. The molecule has 17 heavy (non-hydrogen) atoms. The monoisotopic (exact) mass is 232 g/mol. The Bertz CT molecular complexity index is 614. The van der Waals surface area contributed by atoms with Crippen molar-refractivity contribution in [3.8, 4) is 0 Å². The fourth-order valence-corrected chi connectivity index (χ4v) is 2.39. The maximum atomic E-state index is 13.1. The van der Waals surface area contributed by atoms with Crippen LogP contribution in [0.25, 0.3) is 10.8 Å². The average Bonchev–Trinajstić information content (AvgIpc) is 2.83. The van der Waals surface area contributed by atoms with Crippen molar-refractivity contribution in [3.05, 3.63) is 46.1 Å². The molecule has 1 saturated heterocycles. The number of H-pyrrole nitrogens is 1. The summed E-state index contributed by atoms with van der Waals surface area (Å²) in [6.07, 6.45) is 1.03. The smallest absolute Gasteiger partial charge is 0.256 e. The Labute approximate surface area is 97.7 Å². The number of pyridine rings is 1. The van der Waals surface area contributed by atoms with Gasteiger partial charge in [0.2, 0.25) is 0 Å². The zero-order valence-corrected chi connectivity index (χ0v) is 9.29. The minimum absolute atomic E-state index is 0.205. The Morgan fingerprint density at radius 3 is 2.94 bits per heavy atom. The summed E-state index contributed by atoms with van der Waals surface area (Å²) in [4.78, 5) is 14.7. The minimum atomic E-state index is -0.377. The number of aromatic nitrogens is 1. The summed E-state index contributed by atoms with van der Waals surface area (Å²) in [7, 11) is 0. The standard InChI is InChI=1S/C13H13FN2O/c14-10-2-1-8-5-12(9-3-4-15-7-9)16-13(17)11(8)6-10/h1-2,5-6,9,15H,3-4,7H2,(H,16,17). The summed E-state index contributed by atoms with van der Waals surface area (Å²) in [6.45, 7) is 1.87. The molecule has 1 fully saturated rings. The number of aromatic amines is 1. The third-order valence-corrected chi connectivity index (χ3v) is 3.33. The highest BCUT2D eigenvalue weighted by Crippen LogP contribution is 2.22. The van der Waals surface area contributed by atoms with Gasteiger partial charge in [0.1, 0.15) is 5.82 Å². The molecule has 1 aliphatic heterocycles. The van der Waals surface area contributed by atoms with Crippen LogP contribution in [-0.2, 0) is 0 Å². The van der Waals surface area contributed by atoms with Crippen LogP contribution in [0, 0.1) is 5.82 Å². The molecule has 2 aromatic rings. The predicted molar refractivity (Wildman–Crippen MR) is 64.8 cm³/mol. The number of hydrogen-bond acceptors (Lipinski definition) is 2. The maximum Gasteiger partial charge on any atom is 0.256 e. The summed E-state index contributed by atoms with van der Waals surface area (Å²) in [5, 5.41) is 4.48. The van der Waals surface area contributed by atoms with Gasteiger partial charge < -0.3 is 10.3 Å². The summed E-state index contributed by atoms with van der Waals surface area (Å²) in [6, 6.07) is 6.28. The van der Waals surface area contributed by atoms with E-state index in [4.69, 9.17) is 0 Å².